The van der Waals surface area contributed by atoms with Gasteiger partial charge in [-0.2, -0.15) is 4.98 Å². The summed E-state index contributed by atoms with van der Waals surface area (Å²) in [6.07, 6.45) is 3.82. The summed E-state index contributed by atoms with van der Waals surface area (Å²) in [6.45, 7) is 2.08. The number of hydrogen-bond donors (Lipinski definition) is 1. The molecular formula is C9H10N4OS. The number of aromatic amines is 1. The van der Waals surface area contributed by atoms with E-state index in [1.165, 1.54) is 30.5 Å². The third-order valence-corrected chi connectivity index (χ3v) is 3.67. The number of hydrogen-bond acceptors (Lipinski definition) is 5. The Morgan fingerprint density at radius 3 is 2.93 bits per heavy atom. The summed E-state index contributed by atoms with van der Waals surface area (Å²) < 4.78 is 0.624. The van der Waals surface area contributed by atoms with E-state index in [9.17, 15) is 4.79 Å². The molecule has 2 aromatic rings. The summed E-state index contributed by atoms with van der Waals surface area (Å²) in [5.74, 6) is 0. The third kappa shape index (κ3) is 1.41. The number of aromatic nitrogens is 3. The van der Waals surface area contributed by atoms with Crippen LogP contribution < -0.4 is 10.5 Å². The van der Waals surface area contributed by atoms with Crippen LogP contribution in [0.3, 0.4) is 0 Å². The van der Waals surface area contributed by atoms with E-state index in [0.717, 1.165) is 18.2 Å². The summed E-state index contributed by atoms with van der Waals surface area (Å²) in [6, 6.07) is 0. The minimum atomic E-state index is -0.0945. The van der Waals surface area contributed by atoms with Gasteiger partial charge in [-0.15, -0.1) is 0 Å². The molecule has 6 heteroatoms. The highest BCUT2D eigenvalue weighted by molar-refractivity contribution is 7.22. The van der Waals surface area contributed by atoms with Crippen LogP contribution in [0.5, 0.6) is 0 Å². The molecule has 78 valence electrons. The van der Waals surface area contributed by atoms with Gasteiger partial charge in [0.1, 0.15) is 4.70 Å². The molecule has 0 atom stereocenters. The van der Waals surface area contributed by atoms with Crippen molar-refractivity contribution in [3.8, 4) is 0 Å². The molecule has 5 nitrogen and oxygen atoms in total. The van der Waals surface area contributed by atoms with Crippen LogP contribution in [0.1, 0.15) is 12.8 Å². The van der Waals surface area contributed by atoms with Gasteiger partial charge in [0.05, 0.1) is 6.33 Å². The van der Waals surface area contributed by atoms with Crippen LogP contribution in [-0.2, 0) is 0 Å². The fraction of sp³-hybridized carbons (Fsp3) is 0.444. The van der Waals surface area contributed by atoms with Crippen LogP contribution in [0.25, 0.3) is 10.3 Å². The lowest BCUT2D eigenvalue weighted by Crippen LogP contribution is -2.16. The molecule has 0 radical (unpaired) electrons. The maximum atomic E-state index is 11.5. The number of rotatable bonds is 1. The fourth-order valence-corrected chi connectivity index (χ4v) is 2.77. The van der Waals surface area contributed by atoms with Crippen molar-refractivity contribution in [2.75, 3.05) is 18.0 Å². The molecule has 1 aliphatic heterocycles. The van der Waals surface area contributed by atoms with Crippen molar-refractivity contribution < 1.29 is 0 Å². The van der Waals surface area contributed by atoms with Crippen molar-refractivity contribution >= 4 is 26.8 Å². The topological polar surface area (TPSA) is 61.9 Å². The predicted octanol–water partition coefficient (Wildman–Crippen LogP) is 0.980. The molecule has 0 spiro atoms. The van der Waals surface area contributed by atoms with Gasteiger partial charge < -0.3 is 9.88 Å². The molecule has 0 unspecified atom stereocenters. The van der Waals surface area contributed by atoms with Crippen molar-refractivity contribution in [1.29, 1.82) is 0 Å². The van der Waals surface area contributed by atoms with Crippen LogP contribution in [0.4, 0.5) is 5.13 Å². The van der Waals surface area contributed by atoms with Crippen LogP contribution in [0.2, 0.25) is 0 Å². The summed E-state index contributed by atoms with van der Waals surface area (Å²) in [4.78, 5) is 24.7. The van der Waals surface area contributed by atoms with E-state index in [-0.39, 0.29) is 5.56 Å². The van der Waals surface area contributed by atoms with Gasteiger partial charge in [-0.1, -0.05) is 11.3 Å². The number of nitrogens with one attached hydrogen (secondary N) is 1. The van der Waals surface area contributed by atoms with E-state index in [2.05, 4.69) is 19.9 Å². The number of nitrogens with zero attached hydrogens (tertiary/aromatic N) is 3. The van der Waals surface area contributed by atoms with E-state index >= 15 is 0 Å². The van der Waals surface area contributed by atoms with Crippen molar-refractivity contribution in [1.82, 2.24) is 15.0 Å². The molecule has 1 aliphatic rings. The molecule has 0 aromatic carbocycles. The average molecular weight is 222 g/mol. The Morgan fingerprint density at radius 2 is 2.20 bits per heavy atom. The minimum Gasteiger partial charge on any atom is -0.348 e. The first-order chi connectivity index (χ1) is 7.34. The number of H-pyrrole nitrogens is 1. The monoisotopic (exact) mass is 222 g/mol. The van der Waals surface area contributed by atoms with E-state index in [4.69, 9.17) is 0 Å². The Kier molecular flexibility index (Phi) is 1.95. The first kappa shape index (κ1) is 8.84. The van der Waals surface area contributed by atoms with Gasteiger partial charge in [-0.05, 0) is 12.8 Å². The second-order valence-corrected chi connectivity index (χ2v) is 4.55. The van der Waals surface area contributed by atoms with Crippen molar-refractivity contribution in [3.63, 3.8) is 0 Å². The molecule has 0 bridgehead atoms. The summed E-state index contributed by atoms with van der Waals surface area (Å²) >= 11 is 1.43. The van der Waals surface area contributed by atoms with Crippen molar-refractivity contribution in [3.05, 3.63) is 16.7 Å². The molecular weight excluding hydrogens is 212 g/mol. The normalized spacial score (nSPS) is 16.4. The van der Waals surface area contributed by atoms with E-state index in [1.807, 2.05) is 0 Å². The largest absolute Gasteiger partial charge is 0.348 e. The molecule has 1 fully saturated rings. The van der Waals surface area contributed by atoms with Crippen molar-refractivity contribution in [2.45, 2.75) is 12.8 Å². The van der Waals surface area contributed by atoms with Crippen LogP contribution in [0.15, 0.2) is 11.1 Å². The molecule has 15 heavy (non-hydrogen) atoms. The SMILES string of the molecule is O=c1[nH]cnc2nc(N3CCCC3)sc12. The zero-order chi connectivity index (χ0) is 10.3. The lowest BCUT2D eigenvalue weighted by atomic mass is 10.4. The zero-order valence-corrected chi connectivity index (χ0v) is 8.88. The molecule has 1 N–H and O–H groups in total. The Balaban J connectivity index is 2.13. The standard InChI is InChI=1S/C9H10N4OS/c14-8-6-7(10-5-11-8)12-9(15-6)13-3-1-2-4-13/h5H,1-4H2,(H,10,11,14). The molecule has 2 aromatic heterocycles. The molecule has 1 saturated heterocycles. The highest BCUT2D eigenvalue weighted by atomic mass is 32.1. The Bertz CT molecular complexity index is 540. The quantitative estimate of drug-likeness (QED) is 0.781. The van der Waals surface area contributed by atoms with Gasteiger partial charge in [-0.25, -0.2) is 4.98 Å². The fourth-order valence-electron chi connectivity index (χ4n) is 1.80. The maximum absolute atomic E-state index is 11.5. The van der Waals surface area contributed by atoms with Crippen LogP contribution in [-0.4, -0.2) is 28.0 Å². The van der Waals surface area contributed by atoms with Crippen LogP contribution in [0, 0.1) is 0 Å². The third-order valence-electron chi connectivity index (χ3n) is 2.56. The van der Waals surface area contributed by atoms with E-state index in [1.54, 1.807) is 0 Å². The Labute approximate surface area is 89.8 Å². The predicted molar refractivity (Wildman–Crippen MR) is 59.5 cm³/mol. The summed E-state index contributed by atoms with van der Waals surface area (Å²) in [5, 5.41) is 0.923. The first-order valence-electron chi connectivity index (χ1n) is 4.94. The lowest BCUT2D eigenvalue weighted by Gasteiger charge is -2.11. The van der Waals surface area contributed by atoms with Gasteiger partial charge >= 0.3 is 0 Å². The van der Waals surface area contributed by atoms with E-state index in [0.29, 0.717) is 10.3 Å². The summed E-state index contributed by atoms with van der Waals surface area (Å²) in [7, 11) is 0. The summed E-state index contributed by atoms with van der Waals surface area (Å²) in [5.41, 5.74) is 0.466. The average Bonchev–Trinajstić information content (AvgIpc) is 2.86. The number of anilines is 1. The lowest BCUT2D eigenvalue weighted by molar-refractivity contribution is 0.949. The number of fused-ring (bicyclic) bond motifs is 1. The van der Waals surface area contributed by atoms with Crippen molar-refractivity contribution in [2.24, 2.45) is 0 Å². The molecule has 3 heterocycles. The van der Waals surface area contributed by atoms with Gasteiger partial charge in [0.2, 0.25) is 0 Å². The van der Waals surface area contributed by atoms with Crippen LogP contribution >= 0.6 is 11.3 Å². The molecule has 0 amide bonds. The second-order valence-electron chi connectivity index (χ2n) is 3.57. The zero-order valence-electron chi connectivity index (χ0n) is 8.06. The smallest absolute Gasteiger partial charge is 0.270 e. The minimum absolute atomic E-state index is 0.0945. The molecule has 3 rings (SSSR count). The number of thiazole rings is 1. The molecule has 0 aliphatic carbocycles. The Morgan fingerprint density at radius 1 is 1.40 bits per heavy atom. The van der Waals surface area contributed by atoms with Gasteiger partial charge in [0.25, 0.3) is 5.56 Å². The Hall–Kier alpha value is -1.43. The second kappa shape index (κ2) is 3.30. The van der Waals surface area contributed by atoms with Gasteiger partial charge in [0.15, 0.2) is 10.8 Å². The van der Waals surface area contributed by atoms with Gasteiger partial charge in [-0.3, -0.25) is 4.79 Å². The maximum Gasteiger partial charge on any atom is 0.270 e. The van der Waals surface area contributed by atoms with E-state index < -0.39 is 0 Å². The molecule has 0 saturated carbocycles. The van der Waals surface area contributed by atoms with Gasteiger partial charge in [0, 0.05) is 13.1 Å². The first-order valence-corrected chi connectivity index (χ1v) is 5.75. The highest BCUT2D eigenvalue weighted by Gasteiger charge is 2.17. The highest BCUT2D eigenvalue weighted by Crippen LogP contribution is 2.27.